The third-order valence-electron chi connectivity index (χ3n) is 6.28. The number of benzene rings is 1. The van der Waals surface area contributed by atoms with Crippen molar-refractivity contribution in [3.63, 3.8) is 0 Å². The molecule has 0 saturated carbocycles. The Hall–Kier alpha value is -4.05. The molecule has 3 aromatic rings. The first-order valence-corrected chi connectivity index (χ1v) is 13.5. The number of carbonyl (C=O) groups excluding carboxylic acids is 2. The molecule has 1 saturated heterocycles. The van der Waals surface area contributed by atoms with Gasteiger partial charge in [0.2, 0.25) is 11.8 Å². The van der Waals surface area contributed by atoms with Gasteiger partial charge in [0.05, 0.1) is 23.1 Å². The van der Waals surface area contributed by atoms with Crippen LogP contribution in [0.1, 0.15) is 43.3 Å². The normalized spacial score (nSPS) is 15.9. The number of rotatable bonds is 8. The molecule has 1 fully saturated rings. The number of likely N-dealkylation sites (N-methyl/N-ethyl adjacent to an activating group) is 1. The van der Waals surface area contributed by atoms with Crippen molar-refractivity contribution in [2.24, 2.45) is 0 Å². The number of hydrazine groups is 1. The van der Waals surface area contributed by atoms with E-state index in [1.165, 1.54) is 18.7 Å². The van der Waals surface area contributed by atoms with Crippen LogP contribution < -0.4 is 16.5 Å². The average molecular weight is 546 g/mol. The monoisotopic (exact) mass is 545 g/mol. The number of amides is 2. The van der Waals surface area contributed by atoms with Gasteiger partial charge < -0.3 is 11.1 Å². The minimum absolute atomic E-state index is 0.00106. The highest BCUT2D eigenvalue weighted by Gasteiger charge is 2.27. The fourth-order valence-electron chi connectivity index (χ4n) is 4.21. The number of thioether (sulfide) groups is 1. The average Bonchev–Trinajstić information content (AvgIpc) is 2.93. The maximum absolute atomic E-state index is 11.9. The van der Waals surface area contributed by atoms with Gasteiger partial charge in [0.1, 0.15) is 17.5 Å². The molecular formula is C27H31N9O2S. The lowest BCUT2D eigenvalue weighted by Gasteiger charge is -2.39. The zero-order chi connectivity index (χ0) is 27.9. The van der Waals surface area contributed by atoms with Crippen molar-refractivity contribution in [1.82, 2.24) is 30.3 Å². The van der Waals surface area contributed by atoms with Gasteiger partial charge in [0.15, 0.2) is 5.16 Å². The number of nitrogens with two attached hydrogens (primary N) is 1. The third-order valence-corrected chi connectivity index (χ3v) is 7.16. The SMILES string of the molecule is CCC(=O)NN1CCN(C)C(c2cccc(CSc3nc(N)c(C#N)c(-c4ccc(NC(C)=O)cc4)n3)n2)C1. The molecule has 1 aliphatic heterocycles. The second kappa shape index (κ2) is 12.7. The predicted molar refractivity (Wildman–Crippen MR) is 150 cm³/mol. The molecule has 12 heteroatoms. The van der Waals surface area contributed by atoms with Crippen molar-refractivity contribution in [2.45, 2.75) is 37.2 Å². The van der Waals surface area contributed by atoms with Crippen LogP contribution in [-0.4, -0.2) is 63.4 Å². The summed E-state index contributed by atoms with van der Waals surface area (Å²) in [7, 11) is 2.06. The lowest BCUT2D eigenvalue weighted by molar-refractivity contribution is -0.127. The molecule has 11 nitrogen and oxygen atoms in total. The fourth-order valence-corrected chi connectivity index (χ4v) is 4.96. The topological polar surface area (TPSA) is 153 Å². The summed E-state index contributed by atoms with van der Waals surface area (Å²) in [5.41, 5.74) is 12.8. The molecule has 0 bridgehead atoms. The van der Waals surface area contributed by atoms with Gasteiger partial charge in [-0.3, -0.25) is 24.9 Å². The Morgan fingerprint density at radius 1 is 1.15 bits per heavy atom. The number of nitrogens with zero attached hydrogens (tertiary/aromatic N) is 6. The van der Waals surface area contributed by atoms with E-state index in [0.717, 1.165) is 24.5 Å². The largest absolute Gasteiger partial charge is 0.382 e. The zero-order valence-electron chi connectivity index (χ0n) is 22.1. The molecule has 4 rings (SSSR count). The minimum Gasteiger partial charge on any atom is -0.382 e. The number of aromatic nitrogens is 3. The van der Waals surface area contributed by atoms with Crippen molar-refractivity contribution < 1.29 is 9.59 Å². The summed E-state index contributed by atoms with van der Waals surface area (Å²) in [4.78, 5) is 39.3. The summed E-state index contributed by atoms with van der Waals surface area (Å²) in [5, 5.41) is 14.8. The first-order valence-electron chi connectivity index (χ1n) is 12.6. The van der Waals surface area contributed by atoms with Gasteiger partial charge in [-0.25, -0.2) is 15.0 Å². The number of hydrogen-bond donors (Lipinski definition) is 3. The second-order valence-electron chi connectivity index (χ2n) is 9.16. The number of pyridine rings is 1. The van der Waals surface area contributed by atoms with Gasteiger partial charge in [-0.15, -0.1) is 0 Å². The lowest BCUT2D eigenvalue weighted by Crippen LogP contribution is -2.53. The maximum atomic E-state index is 11.9. The van der Waals surface area contributed by atoms with E-state index >= 15 is 0 Å². The highest BCUT2D eigenvalue weighted by molar-refractivity contribution is 7.98. The molecular weight excluding hydrogens is 514 g/mol. The summed E-state index contributed by atoms with van der Waals surface area (Å²) < 4.78 is 0. The number of anilines is 2. The fraction of sp³-hybridized carbons (Fsp3) is 0.333. The van der Waals surface area contributed by atoms with Crippen LogP contribution in [0.4, 0.5) is 11.5 Å². The summed E-state index contributed by atoms with van der Waals surface area (Å²) in [6.45, 7) is 5.48. The number of nitrogen functional groups attached to an aromatic ring is 1. The second-order valence-corrected chi connectivity index (χ2v) is 10.1. The van der Waals surface area contributed by atoms with Crippen LogP contribution in [0, 0.1) is 11.3 Å². The Kier molecular flexibility index (Phi) is 9.08. The van der Waals surface area contributed by atoms with Gasteiger partial charge in [-0.05, 0) is 31.3 Å². The van der Waals surface area contributed by atoms with E-state index in [4.69, 9.17) is 10.7 Å². The van der Waals surface area contributed by atoms with Crippen LogP contribution in [-0.2, 0) is 15.3 Å². The van der Waals surface area contributed by atoms with E-state index < -0.39 is 0 Å². The molecule has 1 atom stereocenters. The van der Waals surface area contributed by atoms with Gasteiger partial charge >= 0.3 is 0 Å². The summed E-state index contributed by atoms with van der Waals surface area (Å²) in [6.07, 6.45) is 0.438. The van der Waals surface area contributed by atoms with E-state index in [2.05, 4.69) is 38.7 Å². The Morgan fingerprint density at radius 2 is 1.92 bits per heavy atom. The van der Waals surface area contributed by atoms with Crippen molar-refractivity contribution in [1.29, 1.82) is 5.26 Å². The van der Waals surface area contributed by atoms with Crippen LogP contribution >= 0.6 is 11.8 Å². The van der Waals surface area contributed by atoms with Crippen LogP contribution in [0.25, 0.3) is 11.3 Å². The molecule has 1 aromatic carbocycles. The molecule has 0 radical (unpaired) electrons. The maximum Gasteiger partial charge on any atom is 0.233 e. The Balaban J connectivity index is 1.50. The van der Waals surface area contributed by atoms with Gasteiger partial charge in [0.25, 0.3) is 0 Å². The Bertz CT molecular complexity index is 1390. The van der Waals surface area contributed by atoms with E-state index in [1.54, 1.807) is 24.3 Å². The van der Waals surface area contributed by atoms with Crippen LogP contribution in [0.3, 0.4) is 0 Å². The van der Waals surface area contributed by atoms with E-state index in [9.17, 15) is 14.9 Å². The standard InChI is InChI=1S/C27H31N9O2S/c1-4-24(38)34-36-13-12-35(3)23(15-36)22-7-5-6-20(31-22)16-39-27-32-25(21(14-28)26(29)33-27)18-8-10-19(11-9-18)30-17(2)37/h5-11,23H,4,12-13,15-16H2,1-3H3,(H,30,37)(H,34,38)(H2,29,32,33). The molecule has 2 aromatic heterocycles. The smallest absolute Gasteiger partial charge is 0.233 e. The van der Waals surface area contributed by atoms with Crippen molar-refractivity contribution >= 4 is 35.1 Å². The quantitative estimate of drug-likeness (QED) is 0.284. The first-order chi connectivity index (χ1) is 18.8. The third kappa shape index (κ3) is 7.08. The lowest BCUT2D eigenvalue weighted by atomic mass is 10.1. The molecule has 4 N–H and O–H groups in total. The predicted octanol–water partition coefficient (Wildman–Crippen LogP) is 2.97. The van der Waals surface area contributed by atoms with Crippen molar-refractivity contribution in [3.05, 3.63) is 59.4 Å². The highest BCUT2D eigenvalue weighted by atomic mass is 32.2. The van der Waals surface area contributed by atoms with Crippen molar-refractivity contribution in [3.8, 4) is 17.3 Å². The van der Waals surface area contributed by atoms with Crippen LogP contribution in [0.15, 0.2) is 47.6 Å². The molecule has 2 amide bonds. The molecule has 1 unspecified atom stereocenters. The number of carbonyl (C=O) groups is 2. The molecule has 3 heterocycles. The van der Waals surface area contributed by atoms with Crippen LogP contribution in [0.2, 0.25) is 0 Å². The van der Waals surface area contributed by atoms with E-state index in [0.29, 0.717) is 40.8 Å². The van der Waals surface area contributed by atoms with Gasteiger partial charge in [-0.1, -0.05) is 36.9 Å². The Labute approximate surface area is 231 Å². The number of nitrogens with one attached hydrogen (secondary N) is 2. The van der Waals surface area contributed by atoms with E-state index in [-0.39, 0.29) is 29.2 Å². The number of piperazine rings is 1. The van der Waals surface area contributed by atoms with E-state index in [1.807, 2.05) is 30.1 Å². The number of hydrogen-bond acceptors (Lipinski definition) is 10. The van der Waals surface area contributed by atoms with Crippen LogP contribution in [0.5, 0.6) is 0 Å². The first kappa shape index (κ1) is 28.0. The number of nitriles is 1. The molecule has 39 heavy (non-hydrogen) atoms. The van der Waals surface area contributed by atoms with Crippen molar-refractivity contribution in [2.75, 3.05) is 37.7 Å². The van der Waals surface area contributed by atoms with Gasteiger partial charge in [0, 0.05) is 50.0 Å². The zero-order valence-corrected chi connectivity index (χ0v) is 23.0. The molecule has 0 spiro atoms. The molecule has 0 aliphatic carbocycles. The highest BCUT2D eigenvalue weighted by Crippen LogP contribution is 2.30. The minimum atomic E-state index is -0.168. The molecule has 1 aliphatic rings. The summed E-state index contributed by atoms with van der Waals surface area (Å²) in [6, 6.07) is 15.1. The Morgan fingerprint density at radius 3 is 2.62 bits per heavy atom. The summed E-state index contributed by atoms with van der Waals surface area (Å²) >= 11 is 1.38. The van der Waals surface area contributed by atoms with Gasteiger partial charge in [-0.2, -0.15) is 5.26 Å². The molecule has 202 valence electrons. The summed E-state index contributed by atoms with van der Waals surface area (Å²) in [5.74, 6) is 0.447.